The van der Waals surface area contributed by atoms with E-state index < -0.39 is 6.04 Å². The van der Waals surface area contributed by atoms with Gasteiger partial charge in [-0.15, -0.1) is 0 Å². The Labute approximate surface area is 97.0 Å². The lowest BCUT2D eigenvalue weighted by molar-refractivity contribution is -0.123. The van der Waals surface area contributed by atoms with Crippen LogP contribution in [0.25, 0.3) is 0 Å². The Morgan fingerprint density at radius 2 is 1.94 bits per heavy atom. The van der Waals surface area contributed by atoms with Gasteiger partial charge in [-0.1, -0.05) is 44.2 Å². The molecule has 16 heavy (non-hydrogen) atoms. The number of hydrogen-bond donors (Lipinski definition) is 2. The minimum Gasteiger partial charge on any atom is -0.354 e. The van der Waals surface area contributed by atoms with Crippen molar-refractivity contribution in [3.05, 3.63) is 35.9 Å². The third-order valence-corrected chi connectivity index (χ3v) is 2.58. The van der Waals surface area contributed by atoms with Crippen molar-refractivity contribution in [1.29, 1.82) is 0 Å². The maximum atomic E-state index is 11.5. The second-order valence-electron chi connectivity index (χ2n) is 4.30. The molecule has 0 bridgehead atoms. The van der Waals surface area contributed by atoms with Crippen LogP contribution in [0.5, 0.6) is 0 Å². The molecule has 1 aromatic rings. The van der Waals surface area contributed by atoms with Crippen molar-refractivity contribution >= 4 is 5.91 Å². The van der Waals surface area contributed by atoms with E-state index in [1.54, 1.807) is 0 Å². The molecule has 0 aliphatic carbocycles. The molecule has 0 aliphatic heterocycles. The number of rotatable bonds is 5. The average molecular weight is 220 g/mol. The highest BCUT2D eigenvalue weighted by atomic mass is 16.2. The Kier molecular flexibility index (Phi) is 4.99. The molecule has 3 N–H and O–H groups in total. The molecule has 1 amide bonds. The van der Waals surface area contributed by atoms with Gasteiger partial charge in [-0.2, -0.15) is 0 Å². The van der Waals surface area contributed by atoms with Crippen LogP contribution in [0.15, 0.2) is 30.3 Å². The Morgan fingerprint density at radius 1 is 1.31 bits per heavy atom. The zero-order valence-corrected chi connectivity index (χ0v) is 9.94. The summed E-state index contributed by atoms with van der Waals surface area (Å²) >= 11 is 0. The van der Waals surface area contributed by atoms with Gasteiger partial charge in [-0.3, -0.25) is 4.79 Å². The van der Waals surface area contributed by atoms with Crippen molar-refractivity contribution in [3.63, 3.8) is 0 Å². The second-order valence-corrected chi connectivity index (χ2v) is 4.30. The summed E-state index contributed by atoms with van der Waals surface area (Å²) in [6.45, 7) is 4.53. The molecule has 0 aliphatic rings. The van der Waals surface area contributed by atoms with Crippen LogP contribution in [0, 0.1) is 5.92 Å². The lowest BCUT2D eigenvalue weighted by atomic mass is 10.0. The molecule has 0 radical (unpaired) electrons. The monoisotopic (exact) mass is 220 g/mol. The Hall–Kier alpha value is -1.35. The molecule has 1 rings (SSSR count). The third kappa shape index (κ3) is 4.03. The molecule has 1 atom stereocenters. The van der Waals surface area contributed by atoms with E-state index in [9.17, 15) is 4.79 Å². The number of benzene rings is 1. The molecule has 3 nitrogen and oxygen atoms in total. The van der Waals surface area contributed by atoms with Gasteiger partial charge in [-0.25, -0.2) is 0 Å². The first-order chi connectivity index (χ1) is 7.61. The van der Waals surface area contributed by atoms with Crippen LogP contribution in [-0.4, -0.2) is 18.5 Å². The molecule has 0 aromatic heterocycles. The van der Waals surface area contributed by atoms with Gasteiger partial charge in [0.15, 0.2) is 0 Å². The van der Waals surface area contributed by atoms with E-state index in [-0.39, 0.29) is 11.8 Å². The Balaban J connectivity index is 2.28. The third-order valence-electron chi connectivity index (χ3n) is 2.58. The molecule has 0 saturated carbocycles. The summed E-state index contributed by atoms with van der Waals surface area (Å²) in [5.74, 6) is 0.114. The number of amides is 1. The van der Waals surface area contributed by atoms with E-state index in [1.165, 1.54) is 5.56 Å². The van der Waals surface area contributed by atoms with E-state index in [0.29, 0.717) is 6.54 Å². The quantitative estimate of drug-likeness (QED) is 0.786. The average Bonchev–Trinajstić information content (AvgIpc) is 2.29. The van der Waals surface area contributed by atoms with Gasteiger partial charge in [0.1, 0.15) is 0 Å². The first-order valence-corrected chi connectivity index (χ1v) is 5.68. The van der Waals surface area contributed by atoms with Gasteiger partial charge in [0.05, 0.1) is 6.04 Å². The Morgan fingerprint density at radius 3 is 2.50 bits per heavy atom. The molecule has 0 unspecified atom stereocenters. The highest BCUT2D eigenvalue weighted by molar-refractivity contribution is 5.81. The molecular formula is C13H20N2O. The summed E-state index contributed by atoms with van der Waals surface area (Å²) < 4.78 is 0. The lowest BCUT2D eigenvalue weighted by Crippen LogP contribution is -2.44. The van der Waals surface area contributed by atoms with Gasteiger partial charge in [0.2, 0.25) is 5.91 Å². The fourth-order valence-electron chi connectivity index (χ4n) is 1.40. The highest BCUT2D eigenvalue weighted by Crippen LogP contribution is 2.00. The van der Waals surface area contributed by atoms with Crippen LogP contribution < -0.4 is 11.1 Å². The molecule has 88 valence electrons. The maximum absolute atomic E-state index is 11.5. The molecular weight excluding hydrogens is 200 g/mol. The zero-order chi connectivity index (χ0) is 12.0. The van der Waals surface area contributed by atoms with Crippen LogP contribution in [0.2, 0.25) is 0 Å². The molecule has 0 fully saturated rings. The van der Waals surface area contributed by atoms with Crippen LogP contribution in [-0.2, 0) is 11.2 Å². The van der Waals surface area contributed by atoms with Crippen LogP contribution in [0.1, 0.15) is 19.4 Å². The molecule has 3 heteroatoms. The number of nitrogens with two attached hydrogens (primary N) is 1. The largest absolute Gasteiger partial charge is 0.354 e. The summed E-state index contributed by atoms with van der Waals surface area (Å²) in [5.41, 5.74) is 6.95. The van der Waals surface area contributed by atoms with Gasteiger partial charge in [-0.05, 0) is 17.9 Å². The fraction of sp³-hybridized carbons (Fsp3) is 0.462. The summed E-state index contributed by atoms with van der Waals surface area (Å²) in [7, 11) is 0. The fourth-order valence-corrected chi connectivity index (χ4v) is 1.40. The number of hydrogen-bond acceptors (Lipinski definition) is 2. The summed E-state index contributed by atoms with van der Waals surface area (Å²) in [5, 5.41) is 2.85. The van der Waals surface area contributed by atoms with Crippen molar-refractivity contribution in [1.82, 2.24) is 5.32 Å². The van der Waals surface area contributed by atoms with E-state index in [1.807, 2.05) is 32.0 Å². The second kappa shape index (κ2) is 6.28. The van der Waals surface area contributed by atoms with Crippen molar-refractivity contribution in [2.75, 3.05) is 6.54 Å². The standard InChI is InChI=1S/C13H20N2O/c1-10(2)12(14)13(16)15-9-8-11-6-4-3-5-7-11/h3-7,10,12H,8-9,14H2,1-2H3,(H,15,16)/t12-/m0/s1. The SMILES string of the molecule is CC(C)[C@H](N)C(=O)NCCc1ccccc1. The smallest absolute Gasteiger partial charge is 0.237 e. The van der Waals surface area contributed by atoms with Crippen molar-refractivity contribution in [3.8, 4) is 0 Å². The summed E-state index contributed by atoms with van der Waals surface area (Å²) in [6.07, 6.45) is 0.845. The van der Waals surface area contributed by atoms with E-state index in [4.69, 9.17) is 5.73 Å². The number of carbonyl (C=O) groups is 1. The molecule has 0 saturated heterocycles. The van der Waals surface area contributed by atoms with Crippen LogP contribution in [0.3, 0.4) is 0 Å². The number of carbonyl (C=O) groups excluding carboxylic acids is 1. The minimum absolute atomic E-state index is 0.0640. The topological polar surface area (TPSA) is 55.1 Å². The minimum atomic E-state index is -0.407. The zero-order valence-electron chi connectivity index (χ0n) is 9.94. The summed E-state index contributed by atoms with van der Waals surface area (Å²) in [4.78, 5) is 11.5. The molecule has 0 heterocycles. The molecule has 0 spiro atoms. The first-order valence-electron chi connectivity index (χ1n) is 5.68. The van der Waals surface area contributed by atoms with E-state index in [2.05, 4.69) is 17.4 Å². The maximum Gasteiger partial charge on any atom is 0.237 e. The molecule has 1 aromatic carbocycles. The van der Waals surface area contributed by atoms with Crippen molar-refractivity contribution in [2.45, 2.75) is 26.3 Å². The predicted molar refractivity (Wildman–Crippen MR) is 66.0 cm³/mol. The predicted octanol–water partition coefficient (Wildman–Crippen LogP) is 1.33. The van der Waals surface area contributed by atoms with E-state index in [0.717, 1.165) is 6.42 Å². The van der Waals surface area contributed by atoms with Crippen LogP contribution >= 0.6 is 0 Å². The van der Waals surface area contributed by atoms with Crippen LogP contribution in [0.4, 0.5) is 0 Å². The van der Waals surface area contributed by atoms with Crippen molar-refractivity contribution in [2.24, 2.45) is 11.7 Å². The van der Waals surface area contributed by atoms with Gasteiger partial charge in [0.25, 0.3) is 0 Å². The summed E-state index contributed by atoms with van der Waals surface area (Å²) in [6, 6.07) is 9.67. The highest BCUT2D eigenvalue weighted by Gasteiger charge is 2.15. The van der Waals surface area contributed by atoms with Gasteiger partial charge < -0.3 is 11.1 Å². The van der Waals surface area contributed by atoms with Crippen molar-refractivity contribution < 1.29 is 4.79 Å². The van der Waals surface area contributed by atoms with Gasteiger partial charge in [0, 0.05) is 6.54 Å². The normalized spacial score (nSPS) is 12.5. The van der Waals surface area contributed by atoms with E-state index >= 15 is 0 Å². The number of nitrogens with one attached hydrogen (secondary N) is 1. The van der Waals surface area contributed by atoms with Gasteiger partial charge >= 0.3 is 0 Å². The first kappa shape index (κ1) is 12.7. The lowest BCUT2D eigenvalue weighted by Gasteiger charge is -2.15. The Bertz CT molecular complexity index is 322.